The zero-order chi connectivity index (χ0) is 17.0. The molecule has 0 aliphatic rings. The summed E-state index contributed by atoms with van der Waals surface area (Å²) in [6.45, 7) is 4.06. The summed E-state index contributed by atoms with van der Waals surface area (Å²) in [5.41, 5.74) is 0.765. The Bertz CT molecular complexity index is 591. The number of nitrogens with zero attached hydrogens (tertiary/aromatic N) is 4. The molecule has 1 aromatic heterocycles. The van der Waals surface area contributed by atoms with Crippen LogP contribution >= 0.6 is 0 Å². The van der Waals surface area contributed by atoms with Crippen molar-refractivity contribution < 1.29 is 4.74 Å². The third-order valence-corrected chi connectivity index (χ3v) is 3.55. The molecule has 0 aliphatic heterocycles. The van der Waals surface area contributed by atoms with Gasteiger partial charge in [0.1, 0.15) is 18.0 Å². The van der Waals surface area contributed by atoms with Crippen molar-refractivity contribution in [3.63, 3.8) is 0 Å². The molecule has 22 heavy (non-hydrogen) atoms. The predicted molar refractivity (Wildman–Crippen MR) is 87.0 cm³/mol. The summed E-state index contributed by atoms with van der Waals surface area (Å²) in [6.07, 6.45) is 0.862. The van der Waals surface area contributed by atoms with Crippen molar-refractivity contribution >= 4 is 0 Å². The van der Waals surface area contributed by atoms with Crippen molar-refractivity contribution in [3.8, 4) is 11.8 Å². The number of nitriles is 1. The molecule has 6 heteroatoms. The molecule has 0 N–H and O–H groups in total. The first kappa shape index (κ1) is 18.2. The molecule has 0 aromatic carbocycles. The van der Waals surface area contributed by atoms with Crippen molar-refractivity contribution in [2.45, 2.75) is 32.0 Å². The second-order valence-electron chi connectivity index (χ2n) is 6.21. The van der Waals surface area contributed by atoms with Gasteiger partial charge in [-0.25, -0.2) is 0 Å². The summed E-state index contributed by atoms with van der Waals surface area (Å²) >= 11 is 0. The molecule has 1 heterocycles. The quantitative estimate of drug-likeness (QED) is 0.740. The van der Waals surface area contributed by atoms with Crippen molar-refractivity contribution in [2.75, 3.05) is 28.2 Å². The first-order chi connectivity index (χ1) is 10.2. The second kappa shape index (κ2) is 7.43. The van der Waals surface area contributed by atoms with Gasteiger partial charge in [0.2, 0.25) is 6.10 Å². The number of ether oxygens (including phenoxy) is 1. The normalized spacial score (nSPS) is 13.0. The Morgan fingerprint density at radius 2 is 1.77 bits per heavy atom. The molecule has 0 radical (unpaired) electrons. The Labute approximate surface area is 132 Å². The molecule has 0 amide bonds. The molecule has 0 spiro atoms. The van der Waals surface area contributed by atoms with E-state index in [4.69, 9.17) is 4.74 Å². The fourth-order valence-corrected chi connectivity index (χ4v) is 2.46. The molecule has 0 aliphatic carbocycles. The molecule has 0 bridgehead atoms. The number of aryl methyl sites for hydroxylation is 1. The van der Waals surface area contributed by atoms with E-state index in [-0.39, 0.29) is 17.6 Å². The van der Waals surface area contributed by atoms with Gasteiger partial charge in [-0.1, -0.05) is 13.8 Å². The first-order valence-corrected chi connectivity index (χ1v) is 7.28. The Balaban J connectivity index is 3.24. The highest BCUT2D eigenvalue weighted by Gasteiger charge is 2.28. The van der Waals surface area contributed by atoms with Crippen LogP contribution in [0.2, 0.25) is 0 Å². The number of rotatable bonds is 6. The van der Waals surface area contributed by atoms with E-state index in [2.05, 4.69) is 6.07 Å². The van der Waals surface area contributed by atoms with E-state index < -0.39 is 6.10 Å². The van der Waals surface area contributed by atoms with E-state index in [9.17, 15) is 10.1 Å². The molecule has 0 saturated heterocycles. The average molecular weight is 306 g/mol. The van der Waals surface area contributed by atoms with Crippen molar-refractivity contribution in [3.05, 3.63) is 28.2 Å². The van der Waals surface area contributed by atoms with Gasteiger partial charge >= 0.3 is 0 Å². The fourth-order valence-electron chi connectivity index (χ4n) is 2.46. The monoisotopic (exact) mass is 306 g/mol. The Morgan fingerprint density at radius 1 is 1.23 bits per heavy atom. The summed E-state index contributed by atoms with van der Waals surface area (Å²) in [5.74, 6) is 0.677. The number of likely N-dealkylation sites (N-methyl/N-ethyl adjacent to an activating group) is 2. The van der Waals surface area contributed by atoms with Crippen LogP contribution < -0.4 is 10.3 Å². The fraction of sp³-hybridized carbons (Fsp3) is 0.625. The summed E-state index contributed by atoms with van der Waals surface area (Å²) in [6, 6.07) is 3.66. The summed E-state index contributed by atoms with van der Waals surface area (Å²) < 4.78 is 7.45. The lowest BCUT2D eigenvalue weighted by Gasteiger charge is -2.34. The van der Waals surface area contributed by atoms with E-state index in [1.807, 2.05) is 51.8 Å². The van der Waals surface area contributed by atoms with Crippen molar-refractivity contribution in [2.24, 2.45) is 7.05 Å². The van der Waals surface area contributed by atoms with Crippen LogP contribution in [-0.4, -0.2) is 54.8 Å². The lowest BCUT2D eigenvalue weighted by atomic mass is 10.0. The van der Waals surface area contributed by atoms with Crippen molar-refractivity contribution in [1.82, 2.24) is 14.4 Å². The zero-order valence-electron chi connectivity index (χ0n) is 14.5. The Hall–Kier alpha value is -1.84. The lowest BCUT2D eigenvalue weighted by Crippen LogP contribution is -2.50. The minimum atomic E-state index is -0.699. The largest absolute Gasteiger partial charge is 0.472 e. The zero-order valence-corrected chi connectivity index (χ0v) is 14.5. The molecule has 0 fully saturated rings. The molecule has 6 nitrogen and oxygen atoms in total. The topological polar surface area (TPSA) is 61.5 Å². The van der Waals surface area contributed by atoms with Gasteiger partial charge in [0.05, 0.1) is 0 Å². The van der Waals surface area contributed by atoms with Crippen LogP contribution in [-0.2, 0) is 7.05 Å². The third-order valence-electron chi connectivity index (χ3n) is 3.55. The molecule has 1 atom stereocenters. The second-order valence-corrected chi connectivity index (χ2v) is 6.21. The van der Waals surface area contributed by atoms with Crippen LogP contribution in [0.15, 0.2) is 17.1 Å². The van der Waals surface area contributed by atoms with E-state index in [1.165, 1.54) is 10.6 Å². The predicted octanol–water partition coefficient (Wildman–Crippen LogP) is 1.23. The van der Waals surface area contributed by atoms with Gasteiger partial charge in [0, 0.05) is 24.9 Å². The molecular weight excluding hydrogens is 280 g/mol. The molecule has 1 aromatic rings. The smallest absolute Gasteiger partial charge is 0.253 e. The number of pyridine rings is 1. The average Bonchev–Trinajstić information content (AvgIpc) is 2.40. The maximum Gasteiger partial charge on any atom is 0.253 e. The lowest BCUT2D eigenvalue weighted by molar-refractivity contribution is 0.0401. The maximum absolute atomic E-state index is 11.9. The minimum Gasteiger partial charge on any atom is -0.472 e. The molecule has 1 rings (SSSR count). The minimum absolute atomic E-state index is 0.151. The third kappa shape index (κ3) is 4.09. The Kier molecular flexibility index (Phi) is 6.15. The first-order valence-electron chi connectivity index (χ1n) is 7.28. The Morgan fingerprint density at radius 3 is 2.18 bits per heavy atom. The van der Waals surface area contributed by atoms with Crippen LogP contribution in [0.3, 0.4) is 0 Å². The van der Waals surface area contributed by atoms with E-state index >= 15 is 0 Å². The van der Waals surface area contributed by atoms with Crippen molar-refractivity contribution in [1.29, 1.82) is 5.26 Å². The van der Waals surface area contributed by atoms with Gasteiger partial charge < -0.3 is 9.30 Å². The number of hydrogen-bond donors (Lipinski definition) is 0. The highest BCUT2D eigenvalue weighted by molar-refractivity contribution is 5.34. The maximum atomic E-state index is 11.9. The standard InChI is InChI=1S/C16H26N4O2/c1-11(2)12-10-20(7)15(21)8-13(12)22-14(9-17)16(18(3)4)19(5)6/h8,10-11,14,16H,1-7H3. The van der Waals surface area contributed by atoms with E-state index in [1.54, 1.807) is 13.2 Å². The van der Waals surface area contributed by atoms with Crippen LogP contribution in [0.25, 0.3) is 0 Å². The summed E-state index contributed by atoms with van der Waals surface area (Å²) in [4.78, 5) is 15.7. The van der Waals surface area contributed by atoms with Gasteiger partial charge in [-0.05, 0) is 34.1 Å². The molecule has 1 unspecified atom stereocenters. The summed E-state index contributed by atoms with van der Waals surface area (Å²) in [5, 5.41) is 9.50. The van der Waals surface area contributed by atoms with Crippen LogP contribution in [0.5, 0.6) is 5.75 Å². The number of hydrogen-bond acceptors (Lipinski definition) is 5. The van der Waals surface area contributed by atoms with E-state index in [0.29, 0.717) is 5.75 Å². The van der Waals surface area contributed by atoms with Crippen LogP contribution in [0.4, 0.5) is 0 Å². The molecule has 0 saturated carbocycles. The number of aromatic nitrogens is 1. The van der Waals surface area contributed by atoms with Gasteiger partial charge in [-0.3, -0.25) is 14.6 Å². The van der Waals surface area contributed by atoms with Gasteiger partial charge in [0.15, 0.2) is 0 Å². The van der Waals surface area contributed by atoms with Gasteiger partial charge in [-0.2, -0.15) is 5.26 Å². The van der Waals surface area contributed by atoms with E-state index in [0.717, 1.165) is 5.56 Å². The highest BCUT2D eigenvalue weighted by Crippen LogP contribution is 2.26. The van der Waals surface area contributed by atoms with Gasteiger partial charge in [-0.15, -0.1) is 0 Å². The molecular formula is C16H26N4O2. The van der Waals surface area contributed by atoms with Gasteiger partial charge in [0.25, 0.3) is 5.56 Å². The highest BCUT2D eigenvalue weighted by atomic mass is 16.5. The SMILES string of the molecule is CC(C)c1cn(C)c(=O)cc1OC(C#N)C(N(C)C)N(C)C. The van der Waals surface area contributed by atoms with Crippen LogP contribution in [0.1, 0.15) is 25.3 Å². The molecule has 122 valence electrons. The van der Waals surface area contributed by atoms with Crippen LogP contribution in [0, 0.1) is 11.3 Å². The summed E-state index contributed by atoms with van der Waals surface area (Å²) in [7, 11) is 9.29.